The molecule has 0 saturated carbocycles. The number of nitrogen functional groups attached to an aromatic ring is 1. The van der Waals surface area contributed by atoms with Gasteiger partial charge in [0.1, 0.15) is 0 Å². The van der Waals surface area contributed by atoms with Crippen molar-refractivity contribution in [2.24, 2.45) is 0 Å². The van der Waals surface area contributed by atoms with Crippen molar-refractivity contribution < 1.29 is 8.42 Å². The predicted octanol–water partition coefficient (Wildman–Crippen LogP) is 3.96. The van der Waals surface area contributed by atoms with E-state index in [2.05, 4.69) is 12.1 Å². The lowest BCUT2D eigenvalue weighted by Crippen LogP contribution is -2.31. The van der Waals surface area contributed by atoms with E-state index in [0.717, 1.165) is 40.5 Å². The monoisotopic (exact) mass is 396 g/mol. The summed E-state index contributed by atoms with van der Waals surface area (Å²) in [5, 5.41) is 2.03. The summed E-state index contributed by atoms with van der Waals surface area (Å²) in [6.07, 6.45) is 1.70. The fourth-order valence-corrected chi connectivity index (χ4v) is 7.76. The van der Waals surface area contributed by atoms with Gasteiger partial charge in [-0.3, -0.25) is 0 Å². The van der Waals surface area contributed by atoms with Gasteiger partial charge >= 0.3 is 0 Å². The summed E-state index contributed by atoms with van der Waals surface area (Å²) in [4.78, 5) is 0.469. The number of nitrogens with zero attached hydrogens (tertiary/aromatic N) is 1. The second-order valence-corrected chi connectivity index (χ2v) is 10.1. The maximum Gasteiger partial charge on any atom is 0.244 e. The van der Waals surface area contributed by atoms with Crippen LogP contribution in [0.15, 0.2) is 59.5 Å². The van der Waals surface area contributed by atoms with E-state index in [4.69, 9.17) is 5.73 Å². The Morgan fingerprint density at radius 1 is 1.04 bits per heavy atom. The molecular weight excluding hydrogens is 376 g/mol. The highest BCUT2D eigenvalue weighted by atomic mass is 32.2. The zero-order chi connectivity index (χ0) is 18.6. The van der Waals surface area contributed by atoms with Crippen molar-refractivity contribution in [2.45, 2.75) is 23.1 Å². The lowest BCUT2D eigenvalue weighted by Gasteiger charge is -2.25. The first-order chi connectivity index (χ1) is 13.1. The minimum atomic E-state index is -3.58. The summed E-state index contributed by atoms with van der Waals surface area (Å²) >= 11 is 1.66. The summed E-state index contributed by atoms with van der Waals surface area (Å²) < 4.78 is 28.9. The van der Waals surface area contributed by atoms with E-state index in [0.29, 0.717) is 17.1 Å². The van der Waals surface area contributed by atoms with Crippen molar-refractivity contribution in [1.29, 1.82) is 0 Å². The Bertz CT molecular complexity index is 1160. The van der Waals surface area contributed by atoms with E-state index in [1.807, 2.05) is 36.4 Å². The number of hydrogen-bond acceptors (Lipinski definition) is 4. The van der Waals surface area contributed by atoms with Crippen molar-refractivity contribution in [3.05, 3.63) is 71.3 Å². The van der Waals surface area contributed by atoms with Crippen LogP contribution in [0.5, 0.6) is 0 Å². The number of anilines is 1. The molecule has 2 N–H and O–H groups in total. The molecule has 1 aliphatic carbocycles. The first-order valence-corrected chi connectivity index (χ1v) is 11.6. The highest BCUT2D eigenvalue weighted by molar-refractivity contribution is 8.01. The van der Waals surface area contributed by atoms with E-state index >= 15 is 0 Å². The standard InChI is InChI=1S/C21H20N2O2S2/c22-17-6-2-5-16(13-17)21-23(11-12-26-21)27(24,25)19-10-8-15-4-1-3-14-7-9-18(19)20(14)15/h1-6,8,10,13,21H,7,9,11-12,22H2. The van der Waals surface area contributed by atoms with Gasteiger partial charge in [-0.2, -0.15) is 4.31 Å². The molecule has 27 heavy (non-hydrogen) atoms. The van der Waals surface area contributed by atoms with Crippen LogP contribution < -0.4 is 5.73 Å². The number of sulfonamides is 1. The lowest BCUT2D eigenvalue weighted by molar-refractivity contribution is 0.434. The molecule has 1 saturated heterocycles. The first kappa shape index (κ1) is 17.1. The quantitative estimate of drug-likeness (QED) is 0.681. The van der Waals surface area contributed by atoms with Crippen LogP contribution in [0.3, 0.4) is 0 Å². The van der Waals surface area contributed by atoms with Gasteiger partial charge in [0.25, 0.3) is 0 Å². The van der Waals surface area contributed by atoms with Crippen molar-refractivity contribution >= 4 is 38.2 Å². The van der Waals surface area contributed by atoms with Gasteiger partial charge in [-0.05, 0) is 58.5 Å². The third kappa shape index (κ3) is 2.66. The highest BCUT2D eigenvalue weighted by Gasteiger charge is 2.38. The zero-order valence-electron chi connectivity index (χ0n) is 14.8. The van der Waals surface area contributed by atoms with Gasteiger partial charge in [0, 0.05) is 18.0 Å². The number of aryl methyl sites for hydroxylation is 2. The van der Waals surface area contributed by atoms with Crippen LogP contribution >= 0.6 is 11.8 Å². The van der Waals surface area contributed by atoms with Gasteiger partial charge in [0.15, 0.2) is 0 Å². The van der Waals surface area contributed by atoms with Gasteiger partial charge in [-0.25, -0.2) is 8.42 Å². The zero-order valence-corrected chi connectivity index (χ0v) is 16.4. The van der Waals surface area contributed by atoms with Gasteiger partial charge in [-0.1, -0.05) is 36.4 Å². The molecular formula is C21H20N2O2S2. The fourth-order valence-electron chi connectivity index (χ4n) is 4.28. The summed E-state index contributed by atoms with van der Waals surface area (Å²) in [5.41, 5.74) is 9.76. The molecule has 6 heteroatoms. The van der Waals surface area contributed by atoms with Gasteiger partial charge in [-0.15, -0.1) is 11.8 Å². The van der Waals surface area contributed by atoms with Gasteiger partial charge < -0.3 is 5.73 Å². The molecule has 1 aliphatic heterocycles. The molecule has 0 aromatic heterocycles. The second kappa shape index (κ2) is 6.26. The van der Waals surface area contributed by atoms with Crippen LogP contribution in [0.25, 0.3) is 10.8 Å². The topological polar surface area (TPSA) is 63.4 Å². The SMILES string of the molecule is Nc1cccc(C2SCCN2S(=O)(=O)c2ccc3cccc4c3c2CC4)c1. The molecule has 1 unspecified atom stereocenters. The molecule has 0 spiro atoms. The molecule has 1 fully saturated rings. The maximum atomic E-state index is 13.6. The summed E-state index contributed by atoms with van der Waals surface area (Å²) in [5.74, 6) is 0.785. The van der Waals surface area contributed by atoms with E-state index in [1.54, 1.807) is 22.1 Å². The summed E-state index contributed by atoms with van der Waals surface area (Å²) in [7, 11) is -3.58. The molecule has 4 nitrogen and oxygen atoms in total. The Kier molecular flexibility index (Phi) is 3.96. The van der Waals surface area contributed by atoms with Crippen LogP contribution in [0.2, 0.25) is 0 Å². The van der Waals surface area contributed by atoms with E-state index in [9.17, 15) is 8.42 Å². The van der Waals surface area contributed by atoms with Gasteiger partial charge in [0.2, 0.25) is 10.0 Å². The average molecular weight is 397 g/mol. The van der Waals surface area contributed by atoms with E-state index in [1.165, 1.54) is 5.56 Å². The number of nitrogens with two attached hydrogens (primary N) is 1. The normalized spacial score (nSPS) is 19.8. The van der Waals surface area contributed by atoms with Crippen molar-refractivity contribution in [2.75, 3.05) is 18.0 Å². The Hall–Kier alpha value is -2.02. The Morgan fingerprint density at radius 3 is 2.74 bits per heavy atom. The van der Waals surface area contributed by atoms with Gasteiger partial charge in [0.05, 0.1) is 10.3 Å². The van der Waals surface area contributed by atoms with Crippen molar-refractivity contribution in [3.8, 4) is 0 Å². The molecule has 138 valence electrons. The number of hydrogen-bond donors (Lipinski definition) is 1. The fraction of sp³-hybridized carbons (Fsp3) is 0.238. The number of benzene rings is 3. The van der Waals surface area contributed by atoms with Crippen LogP contribution in [-0.4, -0.2) is 25.0 Å². The van der Waals surface area contributed by atoms with E-state index in [-0.39, 0.29) is 5.37 Å². The van der Waals surface area contributed by atoms with Crippen LogP contribution in [-0.2, 0) is 22.9 Å². The minimum Gasteiger partial charge on any atom is -0.399 e. The highest BCUT2D eigenvalue weighted by Crippen LogP contribution is 2.44. The Labute approximate surface area is 163 Å². The number of thioether (sulfide) groups is 1. The molecule has 3 aromatic carbocycles. The first-order valence-electron chi connectivity index (χ1n) is 9.08. The van der Waals surface area contributed by atoms with E-state index < -0.39 is 10.0 Å². The predicted molar refractivity (Wildman–Crippen MR) is 111 cm³/mol. The maximum absolute atomic E-state index is 13.6. The van der Waals surface area contributed by atoms with Crippen LogP contribution in [0.1, 0.15) is 22.1 Å². The molecule has 0 bridgehead atoms. The molecule has 0 radical (unpaired) electrons. The smallest absolute Gasteiger partial charge is 0.244 e. The molecule has 2 aliphatic rings. The molecule has 5 rings (SSSR count). The third-order valence-corrected chi connectivity index (χ3v) is 8.82. The molecule has 1 atom stereocenters. The molecule has 3 aromatic rings. The summed E-state index contributed by atoms with van der Waals surface area (Å²) in [6, 6.07) is 17.5. The molecule has 1 heterocycles. The summed E-state index contributed by atoms with van der Waals surface area (Å²) in [6.45, 7) is 0.519. The average Bonchev–Trinajstić information content (AvgIpc) is 3.31. The van der Waals surface area contributed by atoms with Crippen molar-refractivity contribution in [3.63, 3.8) is 0 Å². The minimum absolute atomic E-state index is 0.224. The lowest BCUT2D eigenvalue weighted by atomic mass is 10.1. The Balaban J connectivity index is 1.62. The van der Waals surface area contributed by atoms with Crippen molar-refractivity contribution in [1.82, 2.24) is 4.31 Å². The largest absolute Gasteiger partial charge is 0.399 e. The van der Waals surface area contributed by atoms with Crippen LogP contribution in [0, 0.1) is 0 Å². The number of rotatable bonds is 3. The molecule has 0 amide bonds. The van der Waals surface area contributed by atoms with Crippen LogP contribution in [0.4, 0.5) is 5.69 Å². The Morgan fingerprint density at radius 2 is 1.89 bits per heavy atom. The third-order valence-electron chi connectivity index (χ3n) is 5.47. The second-order valence-electron chi connectivity index (χ2n) is 7.07.